The molecule has 7 nitrogen and oxygen atoms in total. The summed E-state index contributed by atoms with van der Waals surface area (Å²) < 4.78 is 13.1. The molecule has 1 aliphatic heterocycles. The van der Waals surface area contributed by atoms with Crippen molar-refractivity contribution < 1.29 is 19.2 Å². The molecular weight excluding hydrogens is 591 g/mol. The van der Waals surface area contributed by atoms with Crippen LogP contribution in [0.4, 0.5) is 5.69 Å². The van der Waals surface area contributed by atoms with E-state index >= 15 is 0 Å². The number of aliphatic imine (C=N–C) groups is 1. The van der Waals surface area contributed by atoms with Gasteiger partial charge < -0.3 is 9.47 Å². The van der Waals surface area contributed by atoms with E-state index in [9.17, 15) is 14.9 Å². The summed E-state index contributed by atoms with van der Waals surface area (Å²) in [6.07, 6.45) is 1.60. The Morgan fingerprint density at radius 3 is 2.72 bits per heavy atom. The maximum absolute atomic E-state index is 12.4. The lowest BCUT2D eigenvalue weighted by atomic mass is 10.1. The van der Waals surface area contributed by atoms with Crippen LogP contribution in [0.3, 0.4) is 0 Å². The molecule has 32 heavy (non-hydrogen) atoms. The molecule has 0 radical (unpaired) electrons. The van der Waals surface area contributed by atoms with Crippen molar-refractivity contribution in [2.45, 2.75) is 6.61 Å². The summed E-state index contributed by atoms with van der Waals surface area (Å²) >= 11 is 5.66. The van der Waals surface area contributed by atoms with Crippen LogP contribution >= 0.6 is 38.5 Å². The van der Waals surface area contributed by atoms with Gasteiger partial charge in [-0.05, 0) is 74.4 Å². The molecule has 4 rings (SSSR count). The predicted molar refractivity (Wildman–Crippen MR) is 131 cm³/mol. The molecule has 3 aromatic rings. The summed E-state index contributed by atoms with van der Waals surface area (Å²) in [6.45, 7) is 0.136. The fourth-order valence-corrected chi connectivity index (χ4v) is 3.68. The number of halogens is 2. The highest BCUT2D eigenvalue weighted by molar-refractivity contribution is 14.1. The number of cyclic esters (lactones) is 1. The van der Waals surface area contributed by atoms with E-state index in [4.69, 9.17) is 9.47 Å². The van der Waals surface area contributed by atoms with Gasteiger partial charge in [-0.15, -0.1) is 0 Å². The first-order valence-corrected chi connectivity index (χ1v) is 11.2. The minimum atomic E-state index is -0.553. The monoisotopic (exact) mass is 604 g/mol. The lowest BCUT2D eigenvalue weighted by molar-refractivity contribution is -0.384. The number of carbonyl (C=O) groups excluding carboxylic acids is 1. The Morgan fingerprint density at radius 2 is 1.94 bits per heavy atom. The molecule has 160 valence electrons. The van der Waals surface area contributed by atoms with Crippen LogP contribution in [-0.4, -0.2) is 16.8 Å². The van der Waals surface area contributed by atoms with Gasteiger partial charge in [0.25, 0.3) is 5.69 Å². The second kappa shape index (κ2) is 9.61. The number of non-ortho nitro benzene ring substituents is 1. The zero-order chi connectivity index (χ0) is 22.7. The number of esters is 1. The van der Waals surface area contributed by atoms with Crippen LogP contribution in [0.2, 0.25) is 0 Å². The van der Waals surface area contributed by atoms with Gasteiger partial charge in [0.15, 0.2) is 5.70 Å². The molecule has 0 saturated heterocycles. The quantitative estimate of drug-likeness (QED) is 0.115. The number of hydrogen-bond donors (Lipinski definition) is 0. The number of nitrogens with zero attached hydrogens (tertiary/aromatic N) is 2. The Labute approximate surface area is 205 Å². The van der Waals surface area contributed by atoms with Crippen LogP contribution < -0.4 is 4.74 Å². The normalized spacial score (nSPS) is 14.2. The summed E-state index contributed by atoms with van der Waals surface area (Å²) in [6, 6.07) is 19.0. The largest absolute Gasteiger partial charge is 0.488 e. The summed E-state index contributed by atoms with van der Waals surface area (Å²) in [5, 5.41) is 11.0. The first-order chi connectivity index (χ1) is 15.4. The molecule has 1 heterocycles. The van der Waals surface area contributed by atoms with Crippen LogP contribution in [0.25, 0.3) is 6.08 Å². The van der Waals surface area contributed by atoms with Gasteiger partial charge in [0, 0.05) is 31.3 Å². The Morgan fingerprint density at radius 1 is 1.12 bits per heavy atom. The van der Waals surface area contributed by atoms with Crippen LogP contribution in [0.5, 0.6) is 5.75 Å². The first kappa shape index (κ1) is 22.2. The Balaban J connectivity index is 1.57. The van der Waals surface area contributed by atoms with E-state index in [1.807, 2.05) is 24.3 Å². The molecule has 0 saturated carbocycles. The fraction of sp³-hybridized carbons (Fsp3) is 0.0435. The standard InChI is InChI=1S/C23H14BrIN2O5/c24-18-11-16(8-9-19(18)25)22-26-20(23(28)32-22)12-15-5-1-2-7-21(15)31-13-14-4-3-6-17(10-14)27(29)30/h1-12H,13H2/b20-12-. The third-order valence-corrected chi connectivity index (χ3v) is 6.85. The van der Waals surface area contributed by atoms with Crippen molar-refractivity contribution >= 4 is 62.2 Å². The second-order valence-corrected chi connectivity index (χ2v) is 8.73. The van der Waals surface area contributed by atoms with E-state index in [1.165, 1.54) is 12.1 Å². The van der Waals surface area contributed by atoms with Gasteiger partial charge in [0.2, 0.25) is 5.90 Å². The number of rotatable bonds is 6. The van der Waals surface area contributed by atoms with E-state index in [0.29, 0.717) is 22.4 Å². The molecule has 0 fully saturated rings. The minimum absolute atomic E-state index is 0.000642. The van der Waals surface area contributed by atoms with Crippen LogP contribution in [0.1, 0.15) is 16.7 Å². The average Bonchev–Trinajstić information content (AvgIpc) is 3.15. The van der Waals surface area contributed by atoms with Crippen molar-refractivity contribution in [1.29, 1.82) is 0 Å². The molecule has 0 aliphatic carbocycles. The highest BCUT2D eigenvalue weighted by atomic mass is 127. The zero-order valence-electron chi connectivity index (χ0n) is 16.3. The topological polar surface area (TPSA) is 91.0 Å². The molecular formula is C23H14BrIN2O5. The van der Waals surface area contributed by atoms with Crippen molar-refractivity contribution in [3.05, 3.63) is 107 Å². The summed E-state index contributed by atoms with van der Waals surface area (Å²) in [7, 11) is 0. The molecule has 0 spiro atoms. The van der Waals surface area contributed by atoms with Gasteiger partial charge in [-0.25, -0.2) is 9.79 Å². The average molecular weight is 605 g/mol. The lowest BCUT2D eigenvalue weighted by Gasteiger charge is -2.09. The van der Waals surface area contributed by atoms with E-state index in [1.54, 1.807) is 36.4 Å². The number of benzene rings is 3. The minimum Gasteiger partial charge on any atom is -0.488 e. The lowest BCUT2D eigenvalue weighted by Crippen LogP contribution is -2.05. The van der Waals surface area contributed by atoms with Crippen LogP contribution in [0, 0.1) is 13.7 Å². The van der Waals surface area contributed by atoms with Crippen molar-refractivity contribution in [1.82, 2.24) is 0 Å². The number of nitro benzene ring substituents is 1. The molecule has 0 atom stereocenters. The Bertz CT molecular complexity index is 1290. The van der Waals surface area contributed by atoms with Crippen LogP contribution in [-0.2, 0) is 16.1 Å². The number of carbonyl (C=O) groups is 1. The molecule has 0 N–H and O–H groups in total. The maximum Gasteiger partial charge on any atom is 0.363 e. The third-order valence-electron chi connectivity index (χ3n) is 4.51. The highest BCUT2D eigenvalue weighted by Gasteiger charge is 2.25. The van der Waals surface area contributed by atoms with E-state index < -0.39 is 10.9 Å². The van der Waals surface area contributed by atoms with Gasteiger partial charge in [-0.2, -0.15) is 0 Å². The predicted octanol–water partition coefficient (Wildman–Crippen LogP) is 5.89. The first-order valence-electron chi connectivity index (χ1n) is 9.34. The number of hydrogen-bond acceptors (Lipinski definition) is 6. The van der Waals surface area contributed by atoms with E-state index in [2.05, 4.69) is 43.5 Å². The molecule has 0 bridgehead atoms. The van der Waals surface area contributed by atoms with Crippen molar-refractivity contribution in [2.24, 2.45) is 4.99 Å². The van der Waals surface area contributed by atoms with Gasteiger partial charge in [-0.1, -0.05) is 30.3 Å². The zero-order valence-corrected chi connectivity index (χ0v) is 20.1. The van der Waals surface area contributed by atoms with Crippen molar-refractivity contribution in [2.75, 3.05) is 0 Å². The van der Waals surface area contributed by atoms with Gasteiger partial charge in [0.1, 0.15) is 12.4 Å². The summed E-state index contributed by atoms with van der Waals surface area (Å²) in [5.74, 6) is 0.191. The van der Waals surface area contributed by atoms with Crippen molar-refractivity contribution in [3.63, 3.8) is 0 Å². The number of nitro groups is 1. The molecule has 0 amide bonds. The molecule has 9 heteroatoms. The van der Waals surface area contributed by atoms with Gasteiger partial charge in [0.05, 0.1) is 4.92 Å². The molecule has 3 aromatic carbocycles. The fourth-order valence-electron chi connectivity index (χ4n) is 2.96. The van der Waals surface area contributed by atoms with E-state index in [-0.39, 0.29) is 23.9 Å². The smallest absolute Gasteiger partial charge is 0.363 e. The maximum atomic E-state index is 12.4. The second-order valence-electron chi connectivity index (χ2n) is 6.72. The molecule has 0 unspecified atom stereocenters. The van der Waals surface area contributed by atoms with Gasteiger partial charge >= 0.3 is 5.97 Å². The SMILES string of the molecule is O=C1OC(c2ccc(I)c(Br)c2)=N/C1=C\c1ccccc1OCc1cccc([N+](=O)[O-])c1. The van der Waals surface area contributed by atoms with Crippen LogP contribution in [0.15, 0.2) is 81.9 Å². The van der Waals surface area contributed by atoms with Crippen molar-refractivity contribution in [3.8, 4) is 5.75 Å². The summed E-state index contributed by atoms with van der Waals surface area (Å²) in [5.41, 5.74) is 2.13. The molecule has 1 aliphatic rings. The highest BCUT2D eigenvalue weighted by Crippen LogP contribution is 2.27. The van der Waals surface area contributed by atoms with Gasteiger partial charge in [-0.3, -0.25) is 10.1 Å². The Kier molecular flexibility index (Phi) is 6.66. The third kappa shape index (κ3) is 5.05. The summed E-state index contributed by atoms with van der Waals surface area (Å²) in [4.78, 5) is 27.2. The van der Waals surface area contributed by atoms with E-state index in [0.717, 1.165) is 8.04 Å². The molecule has 0 aromatic heterocycles. The Hall–Kier alpha value is -3.05. The number of ether oxygens (including phenoxy) is 2. The number of para-hydroxylation sites is 1.